The Morgan fingerprint density at radius 3 is 2.55 bits per heavy atom. The number of nitrogens with zero attached hydrogens (tertiary/aromatic N) is 3. The first kappa shape index (κ1) is 16.5. The van der Waals surface area contributed by atoms with Crippen molar-refractivity contribution >= 4 is 5.69 Å². The maximum atomic E-state index is 9.33. The number of anilines is 1. The molecule has 1 N–H and O–H groups in total. The second kappa shape index (κ2) is 8.57. The van der Waals surface area contributed by atoms with Gasteiger partial charge >= 0.3 is 0 Å². The second-order valence-corrected chi connectivity index (χ2v) is 5.32. The largest absolute Gasteiger partial charge is 0.373 e. The van der Waals surface area contributed by atoms with Crippen LogP contribution in [0.3, 0.4) is 0 Å². The SMILES string of the molecule is CCNCc1ccc(N(C)CCCN(C)C)c(C#N)c1. The van der Waals surface area contributed by atoms with E-state index in [0.717, 1.165) is 49.4 Å². The molecule has 4 nitrogen and oxygen atoms in total. The lowest BCUT2D eigenvalue weighted by atomic mass is 10.1. The minimum absolute atomic E-state index is 0.757. The molecule has 0 radical (unpaired) electrons. The van der Waals surface area contributed by atoms with E-state index in [1.165, 1.54) is 0 Å². The highest BCUT2D eigenvalue weighted by Crippen LogP contribution is 2.20. The Balaban J connectivity index is 2.71. The number of hydrogen-bond acceptors (Lipinski definition) is 4. The summed E-state index contributed by atoms with van der Waals surface area (Å²) in [5.74, 6) is 0. The zero-order valence-electron chi connectivity index (χ0n) is 13.1. The van der Waals surface area contributed by atoms with Gasteiger partial charge in [-0.05, 0) is 51.3 Å². The van der Waals surface area contributed by atoms with E-state index in [1.54, 1.807) is 0 Å². The Morgan fingerprint density at radius 2 is 1.95 bits per heavy atom. The van der Waals surface area contributed by atoms with Gasteiger partial charge in [-0.2, -0.15) is 5.26 Å². The topological polar surface area (TPSA) is 42.3 Å². The molecule has 0 heterocycles. The fraction of sp³-hybridized carbons (Fsp3) is 0.562. The molecule has 1 aromatic rings. The van der Waals surface area contributed by atoms with Gasteiger partial charge in [0.25, 0.3) is 0 Å². The molecule has 0 saturated heterocycles. The first-order chi connectivity index (χ1) is 9.58. The number of rotatable bonds is 8. The predicted molar refractivity (Wildman–Crippen MR) is 85.0 cm³/mol. The molecule has 1 aromatic carbocycles. The van der Waals surface area contributed by atoms with Crippen molar-refractivity contribution in [3.05, 3.63) is 29.3 Å². The Morgan fingerprint density at radius 1 is 1.20 bits per heavy atom. The zero-order chi connectivity index (χ0) is 15.0. The molecule has 0 aromatic heterocycles. The van der Waals surface area contributed by atoms with Gasteiger partial charge in [-0.3, -0.25) is 0 Å². The van der Waals surface area contributed by atoms with Crippen molar-refractivity contribution in [3.63, 3.8) is 0 Å². The summed E-state index contributed by atoms with van der Waals surface area (Å²) in [5, 5.41) is 12.6. The third-order valence-corrected chi connectivity index (χ3v) is 3.27. The lowest BCUT2D eigenvalue weighted by molar-refractivity contribution is 0.401. The molecule has 0 fully saturated rings. The third kappa shape index (κ3) is 5.20. The lowest BCUT2D eigenvalue weighted by Gasteiger charge is -2.22. The van der Waals surface area contributed by atoms with Gasteiger partial charge in [0.05, 0.1) is 11.3 Å². The number of benzene rings is 1. The average Bonchev–Trinajstić information content (AvgIpc) is 2.44. The highest BCUT2D eigenvalue weighted by Gasteiger charge is 2.08. The summed E-state index contributed by atoms with van der Waals surface area (Å²) in [7, 11) is 6.21. The van der Waals surface area contributed by atoms with Crippen LogP contribution in [0, 0.1) is 11.3 Å². The number of nitriles is 1. The molecule has 0 spiro atoms. The average molecular weight is 274 g/mol. The van der Waals surface area contributed by atoms with Crippen molar-refractivity contribution in [2.75, 3.05) is 45.7 Å². The number of hydrogen-bond donors (Lipinski definition) is 1. The molecular formula is C16H26N4. The van der Waals surface area contributed by atoms with Gasteiger partial charge in [0.1, 0.15) is 6.07 Å². The molecule has 0 atom stereocenters. The van der Waals surface area contributed by atoms with E-state index in [9.17, 15) is 5.26 Å². The van der Waals surface area contributed by atoms with Gasteiger partial charge < -0.3 is 15.1 Å². The van der Waals surface area contributed by atoms with Crippen LogP contribution in [-0.4, -0.2) is 45.7 Å². The van der Waals surface area contributed by atoms with Crippen molar-refractivity contribution < 1.29 is 0 Å². The highest BCUT2D eigenvalue weighted by atomic mass is 15.1. The van der Waals surface area contributed by atoms with Gasteiger partial charge in [-0.1, -0.05) is 13.0 Å². The van der Waals surface area contributed by atoms with Crippen LogP contribution >= 0.6 is 0 Å². The van der Waals surface area contributed by atoms with Crippen molar-refractivity contribution in [3.8, 4) is 6.07 Å². The Kier molecular flexibility index (Phi) is 7.06. The van der Waals surface area contributed by atoms with Crippen LogP contribution in [0.1, 0.15) is 24.5 Å². The molecule has 0 aliphatic rings. The van der Waals surface area contributed by atoms with Crippen LogP contribution < -0.4 is 10.2 Å². The normalized spacial score (nSPS) is 10.6. The smallest absolute Gasteiger partial charge is 0.101 e. The molecule has 110 valence electrons. The van der Waals surface area contributed by atoms with E-state index in [2.05, 4.69) is 61.4 Å². The standard InChI is InChI=1S/C16H26N4/c1-5-18-13-14-7-8-16(15(11-14)12-17)20(4)10-6-9-19(2)3/h7-8,11,18H,5-6,9-10,13H2,1-4H3. The van der Waals surface area contributed by atoms with Crippen LogP contribution in [-0.2, 0) is 6.54 Å². The molecule has 0 saturated carbocycles. The maximum absolute atomic E-state index is 9.33. The fourth-order valence-corrected chi connectivity index (χ4v) is 2.13. The van der Waals surface area contributed by atoms with Crippen LogP contribution in [0.25, 0.3) is 0 Å². The van der Waals surface area contributed by atoms with E-state index >= 15 is 0 Å². The zero-order valence-corrected chi connectivity index (χ0v) is 13.1. The van der Waals surface area contributed by atoms with E-state index in [4.69, 9.17) is 0 Å². The van der Waals surface area contributed by atoms with Crippen molar-refractivity contribution in [1.29, 1.82) is 5.26 Å². The Hall–Kier alpha value is -1.57. The van der Waals surface area contributed by atoms with E-state index in [0.29, 0.717) is 0 Å². The van der Waals surface area contributed by atoms with Crippen molar-refractivity contribution in [2.24, 2.45) is 0 Å². The molecule has 0 unspecified atom stereocenters. The maximum Gasteiger partial charge on any atom is 0.101 e. The summed E-state index contributed by atoms with van der Waals surface area (Å²) in [6, 6.07) is 8.45. The first-order valence-electron chi connectivity index (χ1n) is 7.18. The summed E-state index contributed by atoms with van der Waals surface area (Å²) >= 11 is 0. The predicted octanol–water partition coefficient (Wildman–Crippen LogP) is 2.06. The summed E-state index contributed by atoms with van der Waals surface area (Å²) in [5.41, 5.74) is 2.94. The van der Waals surface area contributed by atoms with Crippen molar-refractivity contribution in [1.82, 2.24) is 10.2 Å². The fourth-order valence-electron chi connectivity index (χ4n) is 2.13. The monoisotopic (exact) mass is 274 g/mol. The van der Waals surface area contributed by atoms with Gasteiger partial charge in [0.15, 0.2) is 0 Å². The highest BCUT2D eigenvalue weighted by molar-refractivity contribution is 5.60. The summed E-state index contributed by atoms with van der Waals surface area (Å²) in [6.45, 7) is 5.85. The van der Waals surface area contributed by atoms with Gasteiger partial charge in [0.2, 0.25) is 0 Å². The van der Waals surface area contributed by atoms with Gasteiger partial charge in [0, 0.05) is 20.1 Å². The van der Waals surface area contributed by atoms with E-state index < -0.39 is 0 Å². The first-order valence-corrected chi connectivity index (χ1v) is 7.18. The van der Waals surface area contributed by atoms with Crippen LogP contribution in [0.15, 0.2) is 18.2 Å². The Labute approximate surface area is 123 Å². The molecular weight excluding hydrogens is 248 g/mol. The van der Waals surface area contributed by atoms with E-state index in [-0.39, 0.29) is 0 Å². The molecule has 0 aliphatic heterocycles. The number of nitrogens with one attached hydrogen (secondary N) is 1. The minimum atomic E-state index is 0.757. The molecule has 0 bridgehead atoms. The molecule has 0 aliphatic carbocycles. The van der Waals surface area contributed by atoms with E-state index in [1.807, 2.05) is 6.07 Å². The minimum Gasteiger partial charge on any atom is -0.373 e. The molecule has 0 amide bonds. The second-order valence-electron chi connectivity index (χ2n) is 5.32. The molecule has 20 heavy (non-hydrogen) atoms. The van der Waals surface area contributed by atoms with Crippen LogP contribution in [0.4, 0.5) is 5.69 Å². The molecule has 4 heteroatoms. The quantitative estimate of drug-likeness (QED) is 0.788. The third-order valence-electron chi connectivity index (χ3n) is 3.27. The summed E-state index contributed by atoms with van der Waals surface area (Å²) in [4.78, 5) is 4.34. The lowest BCUT2D eigenvalue weighted by Crippen LogP contribution is -2.24. The van der Waals surface area contributed by atoms with Crippen LogP contribution in [0.5, 0.6) is 0 Å². The molecule has 1 rings (SSSR count). The van der Waals surface area contributed by atoms with Gasteiger partial charge in [-0.15, -0.1) is 0 Å². The van der Waals surface area contributed by atoms with Crippen molar-refractivity contribution in [2.45, 2.75) is 19.9 Å². The summed E-state index contributed by atoms with van der Waals surface area (Å²) in [6.07, 6.45) is 1.09. The summed E-state index contributed by atoms with van der Waals surface area (Å²) < 4.78 is 0. The van der Waals surface area contributed by atoms with Crippen LogP contribution in [0.2, 0.25) is 0 Å². The van der Waals surface area contributed by atoms with Gasteiger partial charge in [-0.25, -0.2) is 0 Å². The Bertz CT molecular complexity index is 448.